The van der Waals surface area contributed by atoms with E-state index in [1.54, 1.807) is 19.5 Å². The molecule has 6 nitrogen and oxygen atoms in total. The number of hydrogen-bond acceptors (Lipinski definition) is 5. The third-order valence-corrected chi connectivity index (χ3v) is 2.40. The lowest BCUT2D eigenvalue weighted by Crippen LogP contribution is -2.32. The predicted octanol–water partition coefficient (Wildman–Crippen LogP) is 1.08. The quantitative estimate of drug-likeness (QED) is 0.583. The number of nitrogens with zero attached hydrogens (tertiary/aromatic N) is 1. The molecule has 0 aromatic carbocycles. The first-order valence-corrected chi connectivity index (χ1v) is 6.44. The molecule has 0 aliphatic heterocycles. The van der Waals surface area contributed by atoms with Crippen molar-refractivity contribution in [3.63, 3.8) is 0 Å². The van der Waals surface area contributed by atoms with Gasteiger partial charge in [-0.15, -0.1) is 0 Å². The SMILES string of the molecule is CCCNc1cncc(NCC(=O)NCCOC)c1. The lowest BCUT2D eigenvalue weighted by molar-refractivity contribution is -0.119. The fraction of sp³-hybridized carbons (Fsp3) is 0.538. The maximum Gasteiger partial charge on any atom is 0.239 e. The number of carbonyl (C=O) groups is 1. The van der Waals surface area contributed by atoms with Crippen LogP contribution in [0.4, 0.5) is 11.4 Å². The van der Waals surface area contributed by atoms with Crippen LogP contribution >= 0.6 is 0 Å². The smallest absolute Gasteiger partial charge is 0.239 e. The summed E-state index contributed by atoms with van der Waals surface area (Å²) in [7, 11) is 1.60. The van der Waals surface area contributed by atoms with E-state index in [0.717, 1.165) is 24.3 Å². The fourth-order valence-corrected chi connectivity index (χ4v) is 1.44. The summed E-state index contributed by atoms with van der Waals surface area (Å²) in [6.07, 6.45) is 4.51. The van der Waals surface area contributed by atoms with Gasteiger partial charge in [0, 0.05) is 20.2 Å². The molecule has 0 spiro atoms. The van der Waals surface area contributed by atoms with E-state index in [0.29, 0.717) is 13.2 Å². The maximum absolute atomic E-state index is 11.5. The molecule has 1 heterocycles. The Kier molecular flexibility index (Phi) is 7.34. The number of nitrogens with one attached hydrogen (secondary N) is 3. The molecule has 0 bridgehead atoms. The van der Waals surface area contributed by atoms with Gasteiger partial charge in [0.05, 0.1) is 36.9 Å². The molecule has 0 saturated heterocycles. The third-order valence-electron chi connectivity index (χ3n) is 2.40. The topological polar surface area (TPSA) is 75.3 Å². The van der Waals surface area contributed by atoms with Gasteiger partial charge in [-0.3, -0.25) is 9.78 Å². The number of aromatic nitrogens is 1. The van der Waals surface area contributed by atoms with Gasteiger partial charge in [-0.2, -0.15) is 0 Å². The fourth-order valence-electron chi connectivity index (χ4n) is 1.44. The third kappa shape index (κ3) is 6.61. The Morgan fingerprint density at radius 2 is 2.00 bits per heavy atom. The van der Waals surface area contributed by atoms with Crippen LogP contribution in [0, 0.1) is 0 Å². The van der Waals surface area contributed by atoms with Crippen molar-refractivity contribution in [2.75, 3.05) is 44.0 Å². The highest BCUT2D eigenvalue weighted by Crippen LogP contribution is 2.12. The van der Waals surface area contributed by atoms with E-state index in [4.69, 9.17) is 4.74 Å². The Hall–Kier alpha value is -1.82. The minimum atomic E-state index is -0.0658. The van der Waals surface area contributed by atoms with Crippen molar-refractivity contribution in [2.24, 2.45) is 0 Å². The number of hydrogen-bond donors (Lipinski definition) is 3. The minimum absolute atomic E-state index is 0.0658. The van der Waals surface area contributed by atoms with Crippen molar-refractivity contribution in [2.45, 2.75) is 13.3 Å². The van der Waals surface area contributed by atoms with E-state index < -0.39 is 0 Å². The molecule has 0 saturated carbocycles. The van der Waals surface area contributed by atoms with Crippen LogP contribution in [0.3, 0.4) is 0 Å². The summed E-state index contributed by atoms with van der Waals surface area (Å²) in [5, 5.41) is 9.02. The van der Waals surface area contributed by atoms with Gasteiger partial charge in [-0.05, 0) is 12.5 Å². The van der Waals surface area contributed by atoms with E-state index in [1.165, 1.54) is 0 Å². The number of pyridine rings is 1. The molecule has 0 atom stereocenters. The Balaban J connectivity index is 2.33. The standard InChI is InChI=1S/C13H22N4O2/c1-3-4-15-11-7-12(9-14-8-11)17-10-13(18)16-5-6-19-2/h7-9,15,17H,3-6,10H2,1-2H3,(H,16,18). The Morgan fingerprint density at radius 1 is 1.26 bits per heavy atom. The van der Waals surface area contributed by atoms with Gasteiger partial charge in [0.25, 0.3) is 0 Å². The van der Waals surface area contributed by atoms with Crippen LogP contribution < -0.4 is 16.0 Å². The highest BCUT2D eigenvalue weighted by atomic mass is 16.5. The van der Waals surface area contributed by atoms with Crippen molar-refractivity contribution < 1.29 is 9.53 Å². The molecule has 1 amide bonds. The average molecular weight is 266 g/mol. The molecule has 106 valence electrons. The Bertz CT molecular complexity index is 385. The lowest BCUT2D eigenvalue weighted by Gasteiger charge is -2.09. The summed E-state index contributed by atoms with van der Waals surface area (Å²) < 4.78 is 4.85. The van der Waals surface area contributed by atoms with Crippen LogP contribution in [0.2, 0.25) is 0 Å². The molecule has 0 radical (unpaired) electrons. The molecule has 0 unspecified atom stereocenters. The van der Waals surface area contributed by atoms with Crippen molar-refractivity contribution in [3.05, 3.63) is 18.5 Å². The monoisotopic (exact) mass is 266 g/mol. The van der Waals surface area contributed by atoms with Crippen LogP contribution in [0.1, 0.15) is 13.3 Å². The molecule has 1 aromatic heterocycles. The van der Waals surface area contributed by atoms with Crippen LogP contribution in [0.25, 0.3) is 0 Å². The number of rotatable bonds is 9. The predicted molar refractivity (Wildman–Crippen MR) is 76.4 cm³/mol. The molecule has 6 heteroatoms. The van der Waals surface area contributed by atoms with E-state index in [1.807, 2.05) is 6.07 Å². The molecule has 1 rings (SSSR count). The molecule has 3 N–H and O–H groups in total. The lowest BCUT2D eigenvalue weighted by atomic mass is 10.3. The summed E-state index contributed by atoms with van der Waals surface area (Å²) in [5.41, 5.74) is 1.77. The van der Waals surface area contributed by atoms with E-state index in [9.17, 15) is 4.79 Å². The zero-order valence-corrected chi connectivity index (χ0v) is 11.5. The number of methoxy groups -OCH3 is 1. The highest BCUT2D eigenvalue weighted by molar-refractivity contribution is 5.80. The largest absolute Gasteiger partial charge is 0.384 e. The highest BCUT2D eigenvalue weighted by Gasteiger charge is 2.01. The molecule has 19 heavy (non-hydrogen) atoms. The molecular formula is C13H22N4O2. The molecule has 0 fully saturated rings. The van der Waals surface area contributed by atoms with Crippen molar-refractivity contribution >= 4 is 17.3 Å². The maximum atomic E-state index is 11.5. The van der Waals surface area contributed by atoms with Crippen LogP contribution in [-0.4, -0.2) is 44.2 Å². The summed E-state index contributed by atoms with van der Waals surface area (Å²) in [5.74, 6) is -0.0658. The first-order valence-electron chi connectivity index (χ1n) is 6.44. The normalized spacial score (nSPS) is 10.0. The van der Waals surface area contributed by atoms with Gasteiger partial charge in [0.15, 0.2) is 0 Å². The summed E-state index contributed by atoms with van der Waals surface area (Å²) in [6.45, 7) is 4.27. The zero-order chi connectivity index (χ0) is 13.9. The first-order chi connectivity index (χ1) is 9.26. The van der Waals surface area contributed by atoms with Crippen LogP contribution in [-0.2, 0) is 9.53 Å². The number of carbonyl (C=O) groups excluding carboxylic acids is 1. The van der Waals surface area contributed by atoms with E-state index >= 15 is 0 Å². The van der Waals surface area contributed by atoms with Crippen molar-refractivity contribution in [1.29, 1.82) is 0 Å². The summed E-state index contributed by atoms with van der Waals surface area (Å²) in [4.78, 5) is 15.6. The van der Waals surface area contributed by atoms with Crippen LogP contribution in [0.5, 0.6) is 0 Å². The number of anilines is 2. The second-order valence-electron chi connectivity index (χ2n) is 4.09. The van der Waals surface area contributed by atoms with Gasteiger partial charge >= 0.3 is 0 Å². The second-order valence-corrected chi connectivity index (χ2v) is 4.09. The second kappa shape index (κ2) is 9.16. The summed E-state index contributed by atoms with van der Waals surface area (Å²) >= 11 is 0. The van der Waals surface area contributed by atoms with Gasteiger partial charge in [0.2, 0.25) is 5.91 Å². The molecular weight excluding hydrogens is 244 g/mol. The summed E-state index contributed by atoms with van der Waals surface area (Å²) in [6, 6.07) is 1.94. The molecule has 0 aliphatic carbocycles. The van der Waals surface area contributed by atoms with Crippen molar-refractivity contribution in [3.8, 4) is 0 Å². The van der Waals surface area contributed by atoms with Crippen molar-refractivity contribution in [1.82, 2.24) is 10.3 Å². The van der Waals surface area contributed by atoms with Gasteiger partial charge in [-0.1, -0.05) is 6.92 Å². The zero-order valence-electron chi connectivity index (χ0n) is 11.5. The number of ether oxygens (including phenoxy) is 1. The average Bonchev–Trinajstić information content (AvgIpc) is 2.44. The Morgan fingerprint density at radius 3 is 2.68 bits per heavy atom. The van der Waals surface area contributed by atoms with E-state index in [-0.39, 0.29) is 12.5 Å². The van der Waals surface area contributed by atoms with Crippen LogP contribution in [0.15, 0.2) is 18.5 Å². The van der Waals surface area contributed by atoms with Gasteiger partial charge in [0.1, 0.15) is 0 Å². The first kappa shape index (κ1) is 15.2. The Labute approximate surface area is 113 Å². The van der Waals surface area contributed by atoms with Gasteiger partial charge in [-0.25, -0.2) is 0 Å². The number of amides is 1. The minimum Gasteiger partial charge on any atom is -0.384 e. The van der Waals surface area contributed by atoms with E-state index in [2.05, 4.69) is 27.9 Å². The molecule has 1 aromatic rings. The molecule has 0 aliphatic rings. The van der Waals surface area contributed by atoms with Gasteiger partial charge < -0.3 is 20.7 Å².